The second kappa shape index (κ2) is 7.88. The van der Waals surface area contributed by atoms with Gasteiger partial charge in [-0.05, 0) is 6.42 Å². The Balaban J connectivity index is 2.42. The number of hydrogen-bond donors (Lipinski definition) is 2. The molecule has 1 rings (SSSR count). The number of aliphatic carboxylic acids is 1. The summed E-state index contributed by atoms with van der Waals surface area (Å²) in [6, 6.07) is -0.396. The number of carbonyl (C=O) groups excluding carboxylic acids is 1. The average Bonchev–Trinajstić information content (AvgIpc) is 2.34. The molecule has 6 heteroatoms. The van der Waals surface area contributed by atoms with Gasteiger partial charge in [0.1, 0.15) is 0 Å². The Bertz CT molecular complexity index is 341. The van der Waals surface area contributed by atoms with E-state index < -0.39 is 5.97 Å². The van der Waals surface area contributed by atoms with Crippen molar-refractivity contribution in [3.63, 3.8) is 0 Å². The first kappa shape index (κ1) is 14.7. The molecule has 0 aromatic rings. The summed E-state index contributed by atoms with van der Waals surface area (Å²) >= 11 is 1.69. The van der Waals surface area contributed by atoms with E-state index >= 15 is 0 Å². The van der Waals surface area contributed by atoms with Gasteiger partial charge in [0.15, 0.2) is 0 Å². The molecule has 0 spiro atoms. The summed E-state index contributed by atoms with van der Waals surface area (Å²) in [5.41, 5.74) is 0. The van der Waals surface area contributed by atoms with Crippen molar-refractivity contribution in [1.82, 2.24) is 10.2 Å². The minimum Gasteiger partial charge on any atom is -0.481 e. The highest BCUT2D eigenvalue weighted by molar-refractivity contribution is 7.99. The molecule has 2 N–H and O–H groups in total. The molecule has 1 unspecified atom stereocenters. The van der Waals surface area contributed by atoms with Crippen LogP contribution in [0.25, 0.3) is 0 Å². The summed E-state index contributed by atoms with van der Waals surface area (Å²) in [6.45, 7) is 1.13. The van der Waals surface area contributed by atoms with Crippen LogP contribution in [0.1, 0.15) is 19.3 Å². The van der Waals surface area contributed by atoms with Crippen LogP contribution < -0.4 is 5.32 Å². The first-order valence-electron chi connectivity index (χ1n) is 5.92. The standard InChI is InChI=1S/C12H18N2O3S/c1-2-3-4-5-13-12(17)14-6-7-18-9-10(14)8-11(15)16/h1,10H,3-9H2,(H,13,17)(H,15,16). The number of urea groups is 1. The third kappa shape index (κ3) is 4.88. The lowest BCUT2D eigenvalue weighted by atomic mass is 10.2. The Kier molecular flexibility index (Phi) is 6.44. The van der Waals surface area contributed by atoms with Crippen molar-refractivity contribution in [3.8, 4) is 12.3 Å². The highest BCUT2D eigenvalue weighted by Crippen LogP contribution is 2.18. The van der Waals surface area contributed by atoms with Crippen LogP contribution in [-0.2, 0) is 4.79 Å². The van der Waals surface area contributed by atoms with E-state index in [1.54, 1.807) is 16.7 Å². The number of rotatable bonds is 5. The van der Waals surface area contributed by atoms with Gasteiger partial charge in [-0.3, -0.25) is 4.79 Å². The maximum absolute atomic E-state index is 11.9. The van der Waals surface area contributed by atoms with Crippen LogP contribution >= 0.6 is 11.8 Å². The number of carbonyl (C=O) groups is 2. The lowest BCUT2D eigenvalue weighted by molar-refractivity contribution is -0.137. The van der Waals surface area contributed by atoms with Gasteiger partial charge in [-0.2, -0.15) is 11.8 Å². The molecular formula is C12H18N2O3S. The first-order chi connectivity index (χ1) is 8.65. The van der Waals surface area contributed by atoms with Crippen molar-refractivity contribution in [3.05, 3.63) is 0 Å². The van der Waals surface area contributed by atoms with E-state index in [0.29, 0.717) is 25.3 Å². The van der Waals surface area contributed by atoms with Crippen molar-refractivity contribution < 1.29 is 14.7 Å². The molecular weight excluding hydrogens is 252 g/mol. The Morgan fingerprint density at radius 3 is 3.00 bits per heavy atom. The van der Waals surface area contributed by atoms with Gasteiger partial charge in [0.05, 0.1) is 12.5 Å². The molecule has 0 aromatic heterocycles. The molecule has 0 aromatic carbocycles. The van der Waals surface area contributed by atoms with Crippen molar-refractivity contribution in [2.45, 2.75) is 25.3 Å². The van der Waals surface area contributed by atoms with Crippen LogP contribution in [0.4, 0.5) is 4.79 Å². The van der Waals surface area contributed by atoms with Crippen LogP contribution in [-0.4, -0.2) is 52.6 Å². The maximum atomic E-state index is 11.9. The molecule has 0 radical (unpaired) electrons. The number of thioether (sulfide) groups is 1. The molecule has 1 aliphatic rings. The second-order valence-corrected chi connectivity index (χ2v) is 5.21. The normalized spacial score (nSPS) is 19.1. The molecule has 1 heterocycles. The Labute approximate surface area is 111 Å². The van der Waals surface area contributed by atoms with E-state index in [9.17, 15) is 9.59 Å². The van der Waals surface area contributed by atoms with Gasteiger partial charge in [0.2, 0.25) is 0 Å². The third-order valence-corrected chi connectivity index (χ3v) is 3.76. The number of carboxylic acids is 1. The van der Waals surface area contributed by atoms with Gasteiger partial charge < -0.3 is 15.3 Å². The van der Waals surface area contributed by atoms with E-state index in [4.69, 9.17) is 11.5 Å². The zero-order chi connectivity index (χ0) is 13.4. The molecule has 0 bridgehead atoms. The fourth-order valence-corrected chi connectivity index (χ4v) is 2.84. The number of nitrogens with one attached hydrogen (secondary N) is 1. The Morgan fingerprint density at radius 2 is 2.33 bits per heavy atom. The minimum absolute atomic E-state index is 0.00474. The molecule has 100 valence electrons. The number of amides is 2. The molecule has 0 aliphatic carbocycles. The predicted molar refractivity (Wildman–Crippen MR) is 71.5 cm³/mol. The summed E-state index contributed by atoms with van der Waals surface area (Å²) in [5, 5.41) is 11.6. The number of nitrogens with zero attached hydrogens (tertiary/aromatic N) is 1. The highest BCUT2D eigenvalue weighted by Gasteiger charge is 2.28. The SMILES string of the molecule is C#CCCCNC(=O)N1CCSCC1CC(=O)O. The fraction of sp³-hybridized carbons (Fsp3) is 0.667. The first-order valence-corrected chi connectivity index (χ1v) is 7.08. The van der Waals surface area contributed by atoms with Crippen LogP contribution in [0.2, 0.25) is 0 Å². The van der Waals surface area contributed by atoms with Gasteiger partial charge >= 0.3 is 12.0 Å². The smallest absolute Gasteiger partial charge is 0.317 e. The van der Waals surface area contributed by atoms with Crippen LogP contribution in [0, 0.1) is 12.3 Å². The predicted octanol–water partition coefficient (Wildman–Crippen LogP) is 1.00. The molecule has 1 saturated heterocycles. The van der Waals surface area contributed by atoms with Crippen LogP contribution in [0.5, 0.6) is 0 Å². The van der Waals surface area contributed by atoms with Gasteiger partial charge in [0, 0.05) is 31.0 Å². The number of unbranched alkanes of at least 4 members (excludes halogenated alkanes) is 1. The van der Waals surface area contributed by atoms with Gasteiger partial charge in [0.25, 0.3) is 0 Å². The summed E-state index contributed by atoms with van der Waals surface area (Å²) in [5.74, 6) is 3.18. The molecule has 1 fully saturated rings. The summed E-state index contributed by atoms with van der Waals surface area (Å²) < 4.78 is 0. The zero-order valence-electron chi connectivity index (χ0n) is 10.2. The van der Waals surface area contributed by atoms with E-state index in [2.05, 4.69) is 11.2 Å². The summed E-state index contributed by atoms with van der Waals surface area (Å²) in [4.78, 5) is 24.3. The van der Waals surface area contributed by atoms with Gasteiger partial charge in [-0.1, -0.05) is 0 Å². The Hall–Kier alpha value is -1.35. The van der Waals surface area contributed by atoms with Crippen LogP contribution in [0.3, 0.4) is 0 Å². The lowest BCUT2D eigenvalue weighted by Gasteiger charge is -2.34. The third-order valence-electron chi connectivity index (χ3n) is 2.67. The molecule has 0 saturated carbocycles. The Morgan fingerprint density at radius 1 is 1.56 bits per heavy atom. The average molecular weight is 270 g/mol. The lowest BCUT2D eigenvalue weighted by Crippen LogP contribution is -2.51. The summed E-state index contributed by atoms with van der Waals surface area (Å²) in [7, 11) is 0. The number of terminal acetylenes is 1. The van der Waals surface area contributed by atoms with Crippen LogP contribution in [0.15, 0.2) is 0 Å². The molecule has 5 nitrogen and oxygen atoms in total. The van der Waals surface area contributed by atoms with E-state index in [0.717, 1.165) is 12.2 Å². The van der Waals surface area contributed by atoms with E-state index in [1.807, 2.05) is 0 Å². The second-order valence-electron chi connectivity index (χ2n) is 4.06. The topological polar surface area (TPSA) is 69.6 Å². The quantitative estimate of drug-likeness (QED) is 0.577. The summed E-state index contributed by atoms with van der Waals surface area (Å²) in [6.07, 6.45) is 6.51. The van der Waals surface area contributed by atoms with Crippen molar-refractivity contribution in [2.75, 3.05) is 24.6 Å². The molecule has 2 amide bonds. The highest BCUT2D eigenvalue weighted by atomic mass is 32.2. The minimum atomic E-state index is -0.868. The maximum Gasteiger partial charge on any atom is 0.317 e. The monoisotopic (exact) mass is 270 g/mol. The van der Waals surface area contributed by atoms with Crippen molar-refractivity contribution >= 4 is 23.8 Å². The van der Waals surface area contributed by atoms with Crippen molar-refractivity contribution in [1.29, 1.82) is 0 Å². The molecule has 1 atom stereocenters. The zero-order valence-corrected chi connectivity index (χ0v) is 11.0. The van der Waals surface area contributed by atoms with E-state index in [-0.39, 0.29) is 18.5 Å². The number of carboxylic acid groups (broad SMARTS) is 1. The van der Waals surface area contributed by atoms with Gasteiger partial charge in [-0.15, -0.1) is 12.3 Å². The van der Waals surface area contributed by atoms with Crippen molar-refractivity contribution in [2.24, 2.45) is 0 Å². The van der Waals surface area contributed by atoms with Gasteiger partial charge in [-0.25, -0.2) is 4.79 Å². The number of hydrogen-bond acceptors (Lipinski definition) is 3. The largest absolute Gasteiger partial charge is 0.481 e. The molecule has 1 aliphatic heterocycles. The molecule has 18 heavy (non-hydrogen) atoms. The van der Waals surface area contributed by atoms with E-state index in [1.165, 1.54) is 0 Å². The fourth-order valence-electron chi connectivity index (χ4n) is 1.78.